The Labute approximate surface area is 122 Å². The van der Waals surface area contributed by atoms with Gasteiger partial charge in [-0.2, -0.15) is 0 Å². The van der Waals surface area contributed by atoms with Gasteiger partial charge in [0.1, 0.15) is 5.82 Å². The van der Waals surface area contributed by atoms with Crippen LogP contribution in [0.25, 0.3) is 6.08 Å². The van der Waals surface area contributed by atoms with Crippen LogP contribution in [-0.2, 0) is 11.3 Å². The van der Waals surface area contributed by atoms with Crippen LogP contribution >= 0.6 is 11.3 Å². The zero-order valence-corrected chi connectivity index (χ0v) is 12.0. The molecule has 1 amide bonds. The second-order valence-corrected chi connectivity index (χ2v) is 5.34. The van der Waals surface area contributed by atoms with Crippen LogP contribution in [0.3, 0.4) is 0 Å². The van der Waals surface area contributed by atoms with Crippen molar-refractivity contribution in [3.05, 3.63) is 63.6 Å². The monoisotopic (exact) mass is 289 g/mol. The molecular formula is C16H16FNOS. The van der Waals surface area contributed by atoms with Crippen molar-refractivity contribution in [1.82, 2.24) is 5.32 Å². The molecule has 20 heavy (non-hydrogen) atoms. The topological polar surface area (TPSA) is 29.1 Å². The minimum atomic E-state index is -0.315. The van der Waals surface area contributed by atoms with E-state index in [2.05, 4.69) is 5.32 Å². The molecule has 2 rings (SSSR count). The number of hydrogen-bond donors (Lipinski definition) is 1. The molecule has 0 saturated carbocycles. The molecule has 1 N–H and O–H groups in total. The summed E-state index contributed by atoms with van der Waals surface area (Å²) in [4.78, 5) is 13.2. The zero-order valence-electron chi connectivity index (χ0n) is 11.2. The van der Waals surface area contributed by atoms with E-state index in [0.717, 1.165) is 4.88 Å². The third-order valence-corrected chi connectivity index (χ3v) is 3.79. The van der Waals surface area contributed by atoms with Crippen molar-refractivity contribution in [2.24, 2.45) is 0 Å². The standard InChI is InChI=1S/C16H16FNOS/c1-2-12(10-13-6-3-4-8-15(13)17)16(19)18-11-14-7-5-9-20-14/h3-10H,2,11H2,1H3,(H,18,19). The second kappa shape index (κ2) is 7.01. The fourth-order valence-electron chi connectivity index (χ4n) is 1.80. The number of rotatable bonds is 5. The van der Waals surface area contributed by atoms with E-state index in [4.69, 9.17) is 0 Å². The number of amides is 1. The number of halogens is 1. The maximum absolute atomic E-state index is 13.6. The minimum Gasteiger partial charge on any atom is -0.347 e. The van der Waals surface area contributed by atoms with Crippen molar-refractivity contribution in [2.75, 3.05) is 0 Å². The Balaban J connectivity index is 2.07. The van der Waals surface area contributed by atoms with E-state index in [-0.39, 0.29) is 11.7 Å². The van der Waals surface area contributed by atoms with Crippen LogP contribution in [0.1, 0.15) is 23.8 Å². The molecule has 0 radical (unpaired) electrons. The highest BCUT2D eigenvalue weighted by atomic mass is 32.1. The molecule has 2 aromatic rings. The predicted molar refractivity (Wildman–Crippen MR) is 80.8 cm³/mol. The van der Waals surface area contributed by atoms with Gasteiger partial charge in [-0.3, -0.25) is 4.79 Å². The van der Waals surface area contributed by atoms with Crippen LogP contribution < -0.4 is 5.32 Å². The molecule has 0 fully saturated rings. The summed E-state index contributed by atoms with van der Waals surface area (Å²) >= 11 is 1.60. The quantitative estimate of drug-likeness (QED) is 0.828. The van der Waals surface area contributed by atoms with Gasteiger partial charge in [0.15, 0.2) is 0 Å². The fraction of sp³-hybridized carbons (Fsp3) is 0.188. The number of thiophene rings is 1. The van der Waals surface area contributed by atoms with E-state index >= 15 is 0 Å². The summed E-state index contributed by atoms with van der Waals surface area (Å²) in [6, 6.07) is 10.4. The van der Waals surface area contributed by atoms with Crippen molar-refractivity contribution in [2.45, 2.75) is 19.9 Å². The highest BCUT2D eigenvalue weighted by Crippen LogP contribution is 2.14. The van der Waals surface area contributed by atoms with Gasteiger partial charge < -0.3 is 5.32 Å². The highest BCUT2D eigenvalue weighted by molar-refractivity contribution is 7.09. The molecule has 1 aromatic heterocycles. The van der Waals surface area contributed by atoms with Gasteiger partial charge in [-0.05, 0) is 30.0 Å². The lowest BCUT2D eigenvalue weighted by atomic mass is 10.1. The molecule has 0 bridgehead atoms. The van der Waals surface area contributed by atoms with Crippen LogP contribution in [0, 0.1) is 5.82 Å². The normalized spacial score (nSPS) is 11.4. The maximum Gasteiger partial charge on any atom is 0.247 e. The van der Waals surface area contributed by atoms with Crippen molar-refractivity contribution < 1.29 is 9.18 Å². The Morgan fingerprint density at radius 2 is 2.10 bits per heavy atom. The lowest BCUT2D eigenvalue weighted by Crippen LogP contribution is -2.23. The largest absolute Gasteiger partial charge is 0.347 e. The first kappa shape index (κ1) is 14.5. The zero-order chi connectivity index (χ0) is 14.4. The average molecular weight is 289 g/mol. The summed E-state index contributed by atoms with van der Waals surface area (Å²) < 4.78 is 13.6. The van der Waals surface area contributed by atoms with Gasteiger partial charge in [0.05, 0.1) is 6.54 Å². The molecule has 0 atom stereocenters. The molecule has 1 aromatic carbocycles. The Morgan fingerprint density at radius 3 is 2.75 bits per heavy atom. The van der Waals surface area contributed by atoms with Crippen LogP contribution in [0.5, 0.6) is 0 Å². The van der Waals surface area contributed by atoms with E-state index in [0.29, 0.717) is 24.1 Å². The third kappa shape index (κ3) is 3.78. The van der Waals surface area contributed by atoms with Crippen molar-refractivity contribution in [3.8, 4) is 0 Å². The summed E-state index contributed by atoms with van der Waals surface area (Å²) in [5.41, 5.74) is 1.02. The fourth-order valence-corrected chi connectivity index (χ4v) is 2.45. The first-order valence-electron chi connectivity index (χ1n) is 6.46. The number of carbonyl (C=O) groups excluding carboxylic acids is 1. The van der Waals surface area contributed by atoms with E-state index in [1.807, 2.05) is 24.4 Å². The summed E-state index contributed by atoms with van der Waals surface area (Å²) in [6.45, 7) is 2.39. The highest BCUT2D eigenvalue weighted by Gasteiger charge is 2.09. The Bertz CT molecular complexity index is 605. The molecule has 0 aliphatic heterocycles. The number of carbonyl (C=O) groups is 1. The Morgan fingerprint density at radius 1 is 1.30 bits per heavy atom. The average Bonchev–Trinajstić information content (AvgIpc) is 2.97. The van der Waals surface area contributed by atoms with Gasteiger partial charge in [0.25, 0.3) is 0 Å². The van der Waals surface area contributed by atoms with Crippen molar-refractivity contribution in [1.29, 1.82) is 0 Å². The van der Waals surface area contributed by atoms with Crippen molar-refractivity contribution in [3.63, 3.8) is 0 Å². The summed E-state index contributed by atoms with van der Waals surface area (Å²) in [5, 5.41) is 4.83. The van der Waals surface area contributed by atoms with Crippen LogP contribution in [0.4, 0.5) is 4.39 Å². The SMILES string of the molecule is CCC(=Cc1ccccc1F)C(=O)NCc1cccs1. The molecule has 1 heterocycles. The molecular weight excluding hydrogens is 273 g/mol. The summed E-state index contributed by atoms with van der Waals surface area (Å²) in [6.07, 6.45) is 2.17. The molecule has 0 aliphatic rings. The maximum atomic E-state index is 13.6. The van der Waals surface area contributed by atoms with E-state index in [1.54, 1.807) is 35.6 Å². The first-order chi connectivity index (χ1) is 9.70. The molecule has 0 spiro atoms. The lowest BCUT2D eigenvalue weighted by molar-refractivity contribution is -0.117. The van der Waals surface area contributed by atoms with Gasteiger partial charge in [-0.25, -0.2) is 4.39 Å². The van der Waals surface area contributed by atoms with Gasteiger partial charge in [0.2, 0.25) is 5.91 Å². The molecule has 104 valence electrons. The van der Waals surface area contributed by atoms with Crippen LogP contribution in [-0.4, -0.2) is 5.91 Å². The first-order valence-corrected chi connectivity index (χ1v) is 7.34. The van der Waals surface area contributed by atoms with E-state index in [9.17, 15) is 9.18 Å². The van der Waals surface area contributed by atoms with E-state index in [1.165, 1.54) is 6.07 Å². The van der Waals surface area contributed by atoms with Gasteiger partial charge >= 0.3 is 0 Å². The second-order valence-electron chi connectivity index (χ2n) is 4.31. The molecule has 4 heteroatoms. The smallest absolute Gasteiger partial charge is 0.247 e. The number of nitrogens with one attached hydrogen (secondary N) is 1. The number of benzene rings is 1. The molecule has 0 aliphatic carbocycles. The van der Waals surface area contributed by atoms with Crippen LogP contribution in [0.15, 0.2) is 47.4 Å². The van der Waals surface area contributed by atoms with Crippen molar-refractivity contribution >= 4 is 23.3 Å². The van der Waals surface area contributed by atoms with Gasteiger partial charge in [-0.1, -0.05) is 31.2 Å². The molecule has 2 nitrogen and oxygen atoms in total. The number of hydrogen-bond acceptors (Lipinski definition) is 2. The third-order valence-electron chi connectivity index (χ3n) is 2.91. The van der Waals surface area contributed by atoms with Gasteiger partial charge in [-0.15, -0.1) is 11.3 Å². The predicted octanol–water partition coefficient (Wildman–Crippen LogP) is 4.00. The van der Waals surface area contributed by atoms with Gasteiger partial charge in [0, 0.05) is 16.0 Å². The Hall–Kier alpha value is -1.94. The molecule has 0 unspecified atom stereocenters. The Kier molecular flexibility index (Phi) is 5.07. The summed E-state index contributed by atoms with van der Waals surface area (Å²) in [7, 11) is 0. The summed E-state index contributed by atoms with van der Waals surface area (Å²) in [5.74, 6) is -0.464. The lowest BCUT2D eigenvalue weighted by Gasteiger charge is -2.07. The van der Waals surface area contributed by atoms with E-state index < -0.39 is 0 Å². The molecule has 0 saturated heterocycles. The minimum absolute atomic E-state index is 0.149. The van der Waals surface area contributed by atoms with Crippen LogP contribution in [0.2, 0.25) is 0 Å².